The van der Waals surface area contributed by atoms with Crippen molar-refractivity contribution in [1.29, 1.82) is 0 Å². The summed E-state index contributed by atoms with van der Waals surface area (Å²) in [6, 6.07) is 11.6. The van der Waals surface area contributed by atoms with E-state index in [0.29, 0.717) is 32.8 Å². The number of piperazine rings is 1. The second kappa shape index (κ2) is 10.8. The molecule has 0 bridgehead atoms. The van der Waals surface area contributed by atoms with Gasteiger partial charge in [-0.15, -0.1) is 11.3 Å². The molecule has 1 fully saturated rings. The largest absolute Gasteiger partial charge is 0.459 e. The van der Waals surface area contributed by atoms with Crippen LogP contribution < -0.4 is 5.32 Å². The minimum absolute atomic E-state index is 0.214. The highest BCUT2D eigenvalue weighted by Crippen LogP contribution is 2.40. The molecule has 1 aromatic carbocycles. The Morgan fingerprint density at radius 2 is 1.88 bits per heavy atom. The lowest BCUT2D eigenvalue weighted by molar-refractivity contribution is 0.0715. The van der Waals surface area contributed by atoms with Crippen LogP contribution in [0.15, 0.2) is 53.1 Å². The molecule has 1 N–H and O–H groups in total. The van der Waals surface area contributed by atoms with Gasteiger partial charge in [0.1, 0.15) is 10.8 Å². The number of hydrogen-bond acceptors (Lipinski definition) is 6. The van der Waals surface area contributed by atoms with E-state index in [9.17, 15) is 14.0 Å². The molecule has 0 saturated carbocycles. The van der Waals surface area contributed by atoms with E-state index in [0.717, 1.165) is 27.4 Å². The first-order chi connectivity index (χ1) is 16.5. The SMILES string of the molecule is CCOC(=O)N1CCN(C(c2ccc(F)cc2)c2cc(CC)sc2NC(=O)c2ccco2)CC1. The number of furan rings is 1. The number of benzene rings is 1. The molecule has 2 amide bonds. The lowest BCUT2D eigenvalue weighted by atomic mass is 9.97. The van der Waals surface area contributed by atoms with Gasteiger partial charge in [-0.2, -0.15) is 0 Å². The van der Waals surface area contributed by atoms with Gasteiger partial charge in [0.25, 0.3) is 5.91 Å². The summed E-state index contributed by atoms with van der Waals surface area (Å²) in [7, 11) is 0. The van der Waals surface area contributed by atoms with E-state index in [1.807, 2.05) is 0 Å². The van der Waals surface area contributed by atoms with Crippen molar-refractivity contribution < 1.29 is 23.1 Å². The number of rotatable bonds is 7. The number of ether oxygens (including phenoxy) is 1. The maximum atomic E-state index is 13.7. The van der Waals surface area contributed by atoms with Crippen molar-refractivity contribution in [3.8, 4) is 0 Å². The fourth-order valence-corrected chi connectivity index (χ4v) is 5.14. The Balaban J connectivity index is 1.66. The van der Waals surface area contributed by atoms with Crippen LogP contribution in [0.25, 0.3) is 0 Å². The lowest BCUT2D eigenvalue weighted by Crippen LogP contribution is -2.50. The second-order valence-electron chi connectivity index (χ2n) is 7.96. The third-order valence-electron chi connectivity index (χ3n) is 5.82. The van der Waals surface area contributed by atoms with Gasteiger partial charge < -0.3 is 19.4 Å². The topological polar surface area (TPSA) is 75.0 Å². The van der Waals surface area contributed by atoms with Crippen molar-refractivity contribution in [3.63, 3.8) is 0 Å². The average Bonchev–Trinajstić information content (AvgIpc) is 3.52. The van der Waals surface area contributed by atoms with Crippen LogP contribution in [0.4, 0.5) is 14.2 Å². The number of carbonyl (C=O) groups is 2. The molecule has 1 aliphatic heterocycles. The maximum Gasteiger partial charge on any atom is 0.409 e. The van der Waals surface area contributed by atoms with Gasteiger partial charge in [0.15, 0.2) is 5.76 Å². The van der Waals surface area contributed by atoms with Crippen molar-refractivity contribution in [1.82, 2.24) is 9.80 Å². The van der Waals surface area contributed by atoms with Crippen LogP contribution in [0.1, 0.15) is 46.4 Å². The summed E-state index contributed by atoms with van der Waals surface area (Å²) in [5.41, 5.74) is 1.86. The van der Waals surface area contributed by atoms with Gasteiger partial charge in [0, 0.05) is 36.6 Å². The van der Waals surface area contributed by atoms with Crippen LogP contribution in [-0.4, -0.2) is 54.6 Å². The first kappa shape index (κ1) is 24.0. The monoisotopic (exact) mass is 485 g/mol. The van der Waals surface area contributed by atoms with Gasteiger partial charge in [-0.25, -0.2) is 9.18 Å². The highest BCUT2D eigenvalue weighted by atomic mass is 32.1. The fraction of sp³-hybridized carbons (Fsp3) is 0.360. The van der Waals surface area contributed by atoms with Crippen molar-refractivity contribution >= 4 is 28.3 Å². The standard InChI is InChI=1S/C25H28FN3O4S/c1-3-19-16-20(24(34-19)27-23(30)21-6-5-15-33-21)22(17-7-9-18(26)10-8-17)28-11-13-29(14-12-28)25(31)32-4-2/h5-10,15-16,22H,3-4,11-14H2,1-2H3,(H,27,30). The lowest BCUT2D eigenvalue weighted by Gasteiger charge is -2.39. The number of anilines is 1. The van der Waals surface area contributed by atoms with E-state index in [2.05, 4.69) is 23.2 Å². The fourth-order valence-electron chi connectivity index (χ4n) is 4.12. The number of halogens is 1. The highest BCUT2D eigenvalue weighted by Gasteiger charge is 2.31. The number of nitrogens with one attached hydrogen (secondary N) is 1. The number of hydrogen-bond donors (Lipinski definition) is 1. The Kier molecular flexibility index (Phi) is 7.64. The molecule has 0 spiro atoms. The van der Waals surface area contributed by atoms with Crippen molar-refractivity contribution in [2.75, 3.05) is 38.1 Å². The zero-order valence-corrected chi connectivity index (χ0v) is 20.1. The Labute approximate surface area is 202 Å². The quantitative estimate of drug-likeness (QED) is 0.500. The Morgan fingerprint density at radius 1 is 1.15 bits per heavy atom. The minimum atomic E-state index is -0.319. The van der Waals surface area contributed by atoms with Crippen LogP contribution in [0.3, 0.4) is 0 Å². The minimum Gasteiger partial charge on any atom is -0.459 e. The van der Waals surface area contributed by atoms with E-state index >= 15 is 0 Å². The van der Waals surface area contributed by atoms with Gasteiger partial charge in [-0.05, 0) is 49.2 Å². The van der Waals surface area contributed by atoms with E-state index in [1.165, 1.54) is 29.7 Å². The molecule has 1 atom stereocenters. The first-order valence-corrected chi connectivity index (χ1v) is 12.2. The molecule has 3 heterocycles. The predicted molar refractivity (Wildman–Crippen MR) is 129 cm³/mol. The predicted octanol–water partition coefficient (Wildman–Crippen LogP) is 5.16. The molecule has 0 radical (unpaired) electrons. The van der Waals surface area contributed by atoms with Crippen LogP contribution in [0.2, 0.25) is 0 Å². The number of nitrogens with zero attached hydrogens (tertiary/aromatic N) is 2. The summed E-state index contributed by atoms with van der Waals surface area (Å²) in [4.78, 5) is 30.0. The van der Waals surface area contributed by atoms with E-state index in [-0.39, 0.29) is 29.6 Å². The summed E-state index contributed by atoms with van der Waals surface area (Å²) in [6.07, 6.45) is 1.98. The molecule has 9 heteroatoms. The maximum absolute atomic E-state index is 13.7. The average molecular weight is 486 g/mol. The van der Waals surface area contributed by atoms with Crippen molar-refractivity contribution in [2.24, 2.45) is 0 Å². The van der Waals surface area contributed by atoms with Crippen LogP contribution in [0.5, 0.6) is 0 Å². The van der Waals surface area contributed by atoms with Crippen molar-refractivity contribution in [2.45, 2.75) is 26.3 Å². The van der Waals surface area contributed by atoms with E-state index < -0.39 is 0 Å². The molecule has 180 valence electrons. The summed E-state index contributed by atoms with van der Waals surface area (Å²) < 4.78 is 24.1. The molecule has 4 rings (SSSR count). The smallest absolute Gasteiger partial charge is 0.409 e. The van der Waals surface area contributed by atoms with Crippen LogP contribution >= 0.6 is 11.3 Å². The zero-order valence-electron chi connectivity index (χ0n) is 19.3. The molecule has 2 aromatic heterocycles. The third-order valence-corrected chi connectivity index (χ3v) is 7.03. The molecule has 0 aliphatic carbocycles. The van der Waals surface area contributed by atoms with Crippen LogP contribution in [0, 0.1) is 5.82 Å². The molecule has 7 nitrogen and oxygen atoms in total. The van der Waals surface area contributed by atoms with Crippen LogP contribution in [-0.2, 0) is 11.2 Å². The molecular formula is C25H28FN3O4S. The normalized spacial score (nSPS) is 15.2. The Bertz CT molecular complexity index is 1110. The number of carbonyl (C=O) groups excluding carboxylic acids is 2. The number of thiophene rings is 1. The van der Waals surface area contributed by atoms with Gasteiger partial charge in [-0.3, -0.25) is 9.69 Å². The van der Waals surface area contributed by atoms with Crippen molar-refractivity contribution in [3.05, 3.63) is 76.3 Å². The van der Waals surface area contributed by atoms with E-state index in [1.54, 1.807) is 36.1 Å². The molecule has 3 aromatic rings. The number of aryl methyl sites for hydroxylation is 1. The summed E-state index contributed by atoms with van der Waals surface area (Å²) in [5.74, 6) is -0.389. The Morgan fingerprint density at radius 3 is 2.50 bits per heavy atom. The highest BCUT2D eigenvalue weighted by molar-refractivity contribution is 7.16. The molecule has 34 heavy (non-hydrogen) atoms. The molecule has 1 saturated heterocycles. The molecular weight excluding hydrogens is 457 g/mol. The first-order valence-electron chi connectivity index (χ1n) is 11.4. The van der Waals surface area contributed by atoms with Gasteiger partial charge in [-0.1, -0.05) is 19.1 Å². The summed E-state index contributed by atoms with van der Waals surface area (Å²) in [6.45, 7) is 6.47. The number of amides is 2. The zero-order chi connectivity index (χ0) is 24.1. The molecule has 1 unspecified atom stereocenters. The van der Waals surface area contributed by atoms with E-state index in [4.69, 9.17) is 9.15 Å². The van der Waals surface area contributed by atoms with Gasteiger partial charge in [0.2, 0.25) is 0 Å². The summed E-state index contributed by atoms with van der Waals surface area (Å²) in [5, 5.41) is 3.75. The Hall–Kier alpha value is -3.17. The second-order valence-corrected chi connectivity index (χ2v) is 9.09. The molecule has 1 aliphatic rings. The van der Waals surface area contributed by atoms with Gasteiger partial charge in [0.05, 0.1) is 18.9 Å². The van der Waals surface area contributed by atoms with Gasteiger partial charge >= 0.3 is 6.09 Å². The third kappa shape index (κ3) is 5.31. The summed E-state index contributed by atoms with van der Waals surface area (Å²) >= 11 is 1.53.